The Balaban J connectivity index is 2.33. The number of allylic oxidation sites excluding steroid dienone is 10. The topological polar surface area (TPSA) is 21.6 Å². The first-order valence-corrected chi connectivity index (χ1v) is 9.38. The van der Waals surface area contributed by atoms with Crippen molar-refractivity contribution in [3.8, 4) is 0 Å². The first-order chi connectivity index (χ1) is 12.7. The molecule has 0 amide bonds. The third-order valence-corrected chi connectivity index (χ3v) is 4.17. The van der Waals surface area contributed by atoms with Crippen LogP contribution in [0, 0.1) is 11.8 Å². The summed E-state index contributed by atoms with van der Waals surface area (Å²) in [7, 11) is 0. The lowest BCUT2D eigenvalue weighted by Crippen LogP contribution is -2.21. The predicted molar refractivity (Wildman–Crippen MR) is 115 cm³/mol. The zero-order valence-corrected chi connectivity index (χ0v) is 16.3. The molecule has 0 aromatic heterocycles. The maximum Gasteiger partial charge on any atom is 0.123 e. The summed E-state index contributed by atoms with van der Waals surface area (Å²) in [6.07, 6.45) is 26.0. The second-order valence-electron chi connectivity index (χ2n) is 6.48. The van der Waals surface area contributed by atoms with E-state index in [1.54, 1.807) is 12.3 Å². The Morgan fingerprint density at radius 1 is 1.19 bits per heavy atom. The van der Waals surface area contributed by atoms with Crippen molar-refractivity contribution >= 4 is 6.21 Å². The summed E-state index contributed by atoms with van der Waals surface area (Å²) < 4.78 is 5.70. The van der Waals surface area contributed by atoms with Crippen LogP contribution >= 0.6 is 0 Å². The lowest BCUT2D eigenvalue weighted by Gasteiger charge is -2.32. The Hall–Kier alpha value is -2.35. The Morgan fingerprint density at radius 2 is 2.00 bits per heavy atom. The normalized spacial score (nSPS) is 21.8. The summed E-state index contributed by atoms with van der Waals surface area (Å²) in [5.74, 6) is 2.36. The molecule has 0 unspecified atom stereocenters. The fourth-order valence-electron chi connectivity index (χ4n) is 2.78. The lowest BCUT2D eigenvalue weighted by molar-refractivity contribution is 0.242. The van der Waals surface area contributed by atoms with Crippen LogP contribution in [0.4, 0.5) is 0 Å². The molecule has 0 saturated heterocycles. The molecular formula is C24H33NO. The number of aliphatic imine (C=N–C) groups is 1. The van der Waals surface area contributed by atoms with E-state index < -0.39 is 0 Å². The summed E-state index contributed by atoms with van der Waals surface area (Å²) in [6.45, 7) is 12.6. The predicted octanol–water partition coefficient (Wildman–Crippen LogP) is 6.38. The fraction of sp³-hybridized carbons (Fsp3) is 0.375. The molecule has 0 atom stereocenters. The summed E-state index contributed by atoms with van der Waals surface area (Å²) >= 11 is 0. The van der Waals surface area contributed by atoms with Gasteiger partial charge in [-0.1, -0.05) is 60.8 Å². The van der Waals surface area contributed by atoms with Crippen LogP contribution in [0.2, 0.25) is 0 Å². The average molecular weight is 352 g/mol. The highest BCUT2D eigenvalue weighted by molar-refractivity contribution is 5.58. The van der Waals surface area contributed by atoms with Crippen LogP contribution < -0.4 is 0 Å². The second kappa shape index (κ2) is 13.9. The lowest BCUT2D eigenvalue weighted by atomic mass is 9.73. The van der Waals surface area contributed by atoms with Gasteiger partial charge in [-0.3, -0.25) is 4.99 Å². The van der Waals surface area contributed by atoms with E-state index in [4.69, 9.17) is 4.74 Å². The second-order valence-corrected chi connectivity index (χ2v) is 6.48. The number of hydrogen-bond donors (Lipinski definition) is 0. The summed E-state index contributed by atoms with van der Waals surface area (Å²) in [6, 6.07) is 0. The highest BCUT2D eigenvalue weighted by Gasteiger charge is 2.25. The molecule has 140 valence electrons. The molecule has 0 bridgehead atoms. The van der Waals surface area contributed by atoms with Gasteiger partial charge in [-0.15, -0.1) is 6.58 Å². The molecule has 1 saturated carbocycles. The van der Waals surface area contributed by atoms with Crippen LogP contribution in [0.1, 0.15) is 33.1 Å². The molecule has 0 N–H and O–H groups in total. The van der Waals surface area contributed by atoms with Crippen molar-refractivity contribution in [3.63, 3.8) is 0 Å². The zero-order valence-electron chi connectivity index (χ0n) is 16.3. The van der Waals surface area contributed by atoms with E-state index in [2.05, 4.69) is 49.4 Å². The van der Waals surface area contributed by atoms with Gasteiger partial charge in [-0.05, 0) is 57.1 Å². The average Bonchev–Trinajstić information content (AvgIpc) is 2.58. The van der Waals surface area contributed by atoms with Crippen LogP contribution in [0.3, 0.4) is 0 Å². The molecule has 1 aliphatic rings. The maximum atomic E-state index is 5.70. The summed E-state index contributed by atoms with van der Waals surface area (Å²) in [5.41, 5.74) is 1.26. The Labute approximate surface area is 159 Å². The highest BCUT2D eigenvalue weighted by Crippen LogP contribution is 2.37. The summed E-state index contributed by atoms with van der Waals surface area (Å²) in [4.78, 5) is 4.16. The standard InChI is InChI=1S/C24H33NO/c1-5-10-21(4)12-8-13-22-19-23(20-22)14-9-15-24(11-6-2)26-18-17-25-16-7-3/h5-12,14-15,17,22-23H,1,3,13,16,18-20H2,2,4H3/b11-6-,12-8+,14-9+,21-10-,24-15+,25-17?. The monoisotopic (exact) mass is 351 g/mol. The number of ether oxygens (including phenoxy) is 1. The third-order valence-electron chi connectivity index (χ3n) is 4.17. The first-order valence-electron chi connectivity index (χ1n) is 9.38. The Bertz CT molecular complexity index is 596. The largest absolute Gasteiger partial charge is 0.488 e. The molecule has 0 aromatic carbocycles. The molecule has 0 spiro atoms. The Morgan fingerprint density at radius 3 is 2.69 bits per heavy atom. The van der Waals surface area contributed by atoms with E-state index in [1.165, 1.54) is 24.8 Å². The van der Waals surface area contributed by atoms with Gasteiger partial charge in [0.25, 0.3) is 0 Å². The minimum Gasteiger partial charge on any atom is -0.488 e. The van der Waals surface area contributed by atoms with Crippen molar-refractivity contribution in [3.05, 3.63) is 85.3 Å². The molecule has 0 radical (unpaired) electrons. The van der Waals surface area contributed by atoms with E-state index >= 15 is 0 Å². The summed E-state index contributed by atoms with van der Waals surface area (Å²) in [5, 5.41) is 0. The molecule has 1 rings (SSSR count). The molecule has 1 aliphatic carbocycles. The molecule has 2 nitrogen and oxygen atoms in total. The molecule has 2 heteroatoms. The number of hydrogen-bond acceptors (Lipinski definition) is 2. The molecular weight excluding hydrogens is 318 g/mol. The van der Waals surface area contributed by atoms with Gasteiger partial charge in [0.15, 0.2) is 0 Å². The molecule has 0 aromatic rings. The zero-order chi connectivity index (χ0) is 19.0. The Kier molecular flexibility index (Phi) is 11.6. The van der Waals surface area contributed by atoms with E-state index in [1.807, 2.05) is 37.3 Å². The minimum atomic E-state index is 0.482. The smallest absolute Gasteiger partial charge is 0.123 e. The third kappa shape index (κ3) is 9.83. The van der Waals surface area contributed by atoms with Crippen molar-refractivity contribution in [1.82, 2.24) is 0 Å². The van der Waals surface area contributed by atoms with Crippen LogP contribution in [0.5, 0.6) is 0 Å². The van der Waals surface area contributed by atoms with E-state index in [0.717, 1.165) is 11.7 Å². The van der Waals surface area contributed by atoms with Crippen molar-refractivity contribution in [2.75, 3.05) is 13.2 Å². The van der Waals surface area contributed by atoms with Crippen molar-refractivity contribution in [2.24, 2.45) is 16.8 Å². The van der Waals surface area contributed by atoms with Gasteiger partial charge in [-0.2, -0.15) is 0 Å². The SMILES string of the molecule is C=C/C=C(C)\C=C\CC1CC(/C=C/C=C(\C=C/C)OCC=NCC=C)C1. The van der Waals surface area contributed by atoms with E-state index in [-0.39, 0.29) is 0 Å². The van der Waals surface area contributed by atoms with Crippen molar-refractivity contribution in [1.29, 1.82) is 0 Å². The van der Waals surface area contributed by atoms with Gasteiger partial charge in [0, 0.05) is 6.21 Å². The maximum absolute atomic E-state index is 5.70. The number of rotatable bonds is 12. The van der Waals surface area contributed by atoms with Gasteiger partial charge in [0.2, 0.25) is 0 Å². The molecule has 0 aliphatic heterocycles. The van der Waals surface area contributed by atoms with E-state index in [9.17, 15) is 0 Å². The van der Waals surface area contributed by atoms with Crippen molar-refractivity contribution < 1.29 is 4.74 Å². The van der Waals surface area contributed by atoms with Crippen LogP contribution in [0.25, 0.3) is 0 Å². The molecule has 1 fully saturated rings. The van der Waals surface area contributed by atoms with Crippen LogP contribution in [-0.4, -0.2) is 19.4 Å². The van der Waals surface area contributed by atoms with Gasteiger partial charge < -0.3 is 4.74 Å². The quantitative estimate of drug-likeness (QED) is 0.173. The fourth-order valence-corrected chi connectivity index (χ4v) is 2.78. The molecule has 26 heavy (non-hydrogen) atoms. The highest BCUT2D eigenvalue weighted by atomic mass is 16.5. The minimum absolute atomic E-state index is 0.482. The number of nitrogens with zero attached hydrogens (tertiary/aromatic N) is 1. The van der Waals surface area contributed by atoms with Gasteiger partial charge in [0.05, 0.1) is 6.54 Å². The molecule has 0 heterocycles. The van der Waals surface area contributed by atoms with Gasteiger partial charge >= 0.3 is 0 Å². The first kappa shape index (κ1) is 21.7. The van der Waals surface area contributed by atoms with Gasteiger partial charge in [-0.25, -0.2) is 0 Å². The van der Waals surface area contributed by atoms with E-state index in [0.29, 0.717) is 19.1 Å². The van der Waals surface area contributed by atoms with Crippen LogP contribution in [-0.2, 0) is 4.74 Å². The van der Waals surface area contributed by atoms with Crippen molar-refractivity contribution in [2.45, 2.75) is 33.1 Å². The van der Waals surface area contributed by atoms with Crippen LogP contribution in [0.15, 0.2) is 90.2 Å². The van der Waals surface area contributed by atoms with Gasteiger partial charge in [0.1, 0.15) is 12.4 Å².